The van der Waals surface area contributed by atoms with Gasteiger partial charge in [0.05, 0.1) is 12.2 Å². The SMILES string of the molecule is CC(C)[C@H](C(=O)NCc1nc(C(C)(C)C)cs1)N1CCCC1=O. The van der Waals surface area contributed by atoms with Crippen molar-refractivity contribution in [2.24, 2.45) is 5.92 Å². The summed E-state index contributed by atoms with van der Waals surface area (Å²) in [7, 11) is 0. The lowest BCUT2D eigenvalue weighted by atomic mass is 9.93. The molecular weight excluding hydrogens is 310 g/mol. The number of nitrogens with one attached hydrogen (secondary N) is 1. The van der Waals surface area contributed by atoms with Crippen LogP contribution in [-0.2, 0) is 21.5 Å². The molecule has 1 fully saturated rings. The Morgan fingerprint density at radius 1 is 1.43 bits per heavy atom. The normalized spacial score (nSPS) is 17.0. The Labute approximate surface area is 142 Å². The largest absolute Gasteiger partial charge is 0.348 e. The Morgan fingerprint density at radius 2 is 2.13 bits per heavy atom. The van der Waals surface area contributed by atoms with Crippen molar-refractivity contribution in [3.63, 3.8) is 0 Å². The van der Waals surface area contributed by atoms with Crippen LogP contribution in [0, 0.1) is 5.92 Å². The lowest BCUT2D eigenvalue weighted by Gasteiger charge is -2.29. The van der Waals surface area contributed by atoms with Gasteiger partial charge in [-0.05, 0) is 12.3 Å². The summed E-state index contributed by atoms with van der Waals surface area (Å²) < 4.78 is 0. The second kappa shape index (κ2) is 6.99. The summed E-state index contributed by atoms with van der Waals surface area (Å²) in [5.41, 5.74) is 1.06. The molecule has 0 unspecified atom stereocenters. The molecule has 2 rings (SSSR count). The molecule has 0 saturated carbocycles. The van der Waals surface area contributed by atoms with Crippen LogP contribution in [-0.4, -0.2) is 34.3 Å². The minimum atomic E-state index is -0.382. The quantitative estimate of drug-likeness (QED) is 0.898. The van der Waals surface area contributed by atoms with Crippen LogP contribution in [0.25, 0.3) is 0 Å². The summed E-state index contributed by atoms with van der Waals surface area (Å²) in [5, 5.41) is 5.91. The molecule has 0 aromatic carbocycles. The fraction of sp³-hybridized carbons (Fsp3) is 0.706. The van der Waals surface area contributed by atoms with Crippen molar-refractivity contribution < 1.29 is 9.59 Å². The third-order valence-electron chi connectivity index (χ3n) is 4.08. The van der Waals surface area contributed by atoms with E-state index in [4.69, 9.17) is 0 Å². The molecule has 0 bridgehead atoms. The van der Waals surface area contributed by atoms with E-state index in [1.54, 1.807) is 16.2 Å². The van der Waals surface area contributed by atoms with Crippen molar-refractivity contribution in [3.05, 3.63) is 16.1 Å². The second-order valence-electron chi connectivity index (χ2n) is 7.47. The van der Waals surface area contributed by atoms with Crippen molar-refractivity contribution >= 4 is 23.2 Å². The third-order valence-corrected chi connectivity index (χ3v) is 4.93. The molecule has 2 amide bonds. The van der Waals surface area contributed by atoms with Gasteiger partial charge in [-0.3, -0.25) is 9.59 Å². The molecule has 0 spiro atoms. The van der Waals surface area contributed by atoms with Gasteiger partial charge in [0, 0.05) is 23.8 Å². The van der Waals surface area contributed by atoms with Crippen LogP contribution in [0.1, 0.15) is 58.2 Å². The average molecular weight is 337 g/mol. The fourth-order valence-electron chi connectivity index (χ4n) is 2.77. The van der Waals surface area contributed by atoms with Gasteiger partial charge in [-0.15, -0.1) is 11.3 Å². The monoisotopic (exact) mass is 337 g/mol. The zero-order valence-corrected chi connectivity index (χ0v) is 15.5. The van der Waals surface area contributed by atoms with Crippen LogP contribution in [0.3, 0.4) is 0 Å². The number of hydrogen-bond acceptors (Lipinski definition) is 4. The Kier molecular flexibility index (Phi) is 5.45. The molecule has 1 aromatic rings. The summed E-state index contributed by atoms with van der Waals surface area (Å²) in [6.45, 7) is 11.4. The summed E-state index contributed by atoms with van der Waals surface area (Å²) in [5.74, 6) is 0.101. The first-order valence-electron chi connectivity index (χ1n) is 8.22. The summed E-state index contributed by atoms with van der Waals surface area (Å²) >= 11 is 1.56. The highest BCUT2D eigenvalue weighted by Gasteiger charge is 2.34. The summed E-state index contributed by atoms with van der Waals surface area (Å²) in [4.78, 5) is 30.8. The number of aromatic nitrogens is 1. The molecule has 1 aromatic heterocycles. The van der Waals surface area contributed by atoms with Crippen LogP contribution in [0.5, 0.6) is 0 Å². The van der Waals surface area contributed by atoms with Crippen molar-refractivity contribution in [3.8, 4) is 0 Å². The Hall–Kier alpha value is -1.43. The van der Waals surface area contributed by atoms with Crippen molar-refractivity contribution in [2.75, 3.05) is 6.54 Å². The van der Waals surface area contributed by atoms with E-state index < -0.39 is 0 Å². The van der Waals surface area contributed by atoms with Crippen molar-refractivity contribution in [1.29, 1.82) is 0 Å². The smallest absolute Gasteiger partial charge is 0.243 e. The van der Waals surface area contributed by atoms with Crippen molar-refractivity contribution in [2.45, 2.75) is 65.5 Å². The predicted octanol–water partition coefficient (Wildman–Crippen LogP) is 2.70. The molecule has 1 saturated heterocycles. The van der Waals surface area contributed by atoms with Crippen LogP contribution >= 0.6 is 11.3 Å². The van der Waals surface area contributed by atoms with Gasteiger partial charge >= 0.3 is 0 Å². The summed E-state index contributed by atoms with van der Waals surface area (Å²) in [6, 6.07) is -0.382. The second-order valence-corrected chi connectivity index (χ2v) is 8.42. The molecule has 128 valence electrons. The number of carbonyl (C=O) groups excluding carboxylic acids is 2. The van der Waals surface area contributed by atoms with Gasteiger partial charge in [-0.25, -0.2) is 4.98 Å². The Bertz CT molecular complexity index is 575. The van der Waals surface area contributed by atoms with Gasteiger partial charge < -0.3 is 10.2 Å². The van der Waals surface area contributed by atoms with E-state index in [2.05, 4.69) is 31.1 Å². The number of amides is 2. The maximum atomic E-state index is 12.6. The molecule has 0 radical (unpaired) electrons. The third kappa shape index (κ3) is 4.31. The standard InChI is InChI=1S/C17H27N3O2S/c1-11(2)15(20-8-6-7-14(20)21)16(22)18-9-13-19-12(10-23-13)17(3,4)5/h10-11,15H,6-9H2,1-5H3,(H,18,22)/t15-/m1/s1. The molecule has 1 atom stereocenters. The zero-order chi connectivity index (χ0) is 17.2. The number of hydrogen-bond donors (Lipinski definition) is 1. The maximum Gasteiger partial charge on any atom is 0.243 e. The first kappa shape index (κ1) is 17.9. The van der Waals surface area contributed by atoms with E-state index in [0.29, 0.717) is 19.5 Å². The Morgan fingerprint density at radius 3 is 2.61 bits per heavy atom. The van der Waals surface area contributed by atoms with Crippen LogP contribution in [0.15, 0.2) is 5.38 Å². The van der Waals surface area contributed by atoms with E-state index in [0.717, 1.165) is 17.1 Å². The predicted molar refractivity (Wildman–Crippen MR) is 92.2 cm³/mol. The highest BCUT2D eigenvalue weighted by atomic mass is 32.1. The fourth-order valence-corrected chi connectivity index (χ4v) is 3.73. The molecule has 1 aliphatic heterocycles. The maximum absolute atomic E-state index is 12.6. The van der Waals surface area contributed by atoms with Crippen LogP contribution in [0.4, 0.5) is 0 Å². The van der Waals surface area contributed by atoms with Gasteiger partial charge in [0.1, 0.15) is 11.0 Å². The highest BCUT2D eigenvalue weighted by molar-refractivity contribution is 7.09. The number of carbonyl (C=O) groups is 2. The van der Waals surface area contributed by atoms with E-state index >= 15 is 0 Å². The van der Waals surface area contributed by atoms with Gasteiger partial charge in [0.15, 0.2) is 0 Å². The van der Waals surface area contributed by atoms with Crippen LogP contribution in [0.2, 0.25) is 0 Å². The molecule has 5 nitrogen and oxygen atoms in total. The number of thiazole rings is 1. The molecule has 1 N–H and O–H groups in total. The molecule has 6 heteroatoms. The molecule has 0 aliphatic carbocycles. The van der Waals surface area contributed by atoms with Gasteiger partial charge in [0.25, 0.3) is 0 Å². The van der Waals surface area contributed by atoms with Gasteiger partial charge in [0.2, 0.25) is 11.8 Å². The highest BCUT2D eigenvalue weighted by Crippen LogP contribution is 2.24. The average Bonchev–Trinajstić information content (AvgIpc) is 3.06. The molecule has 23 heavy (non-hydrogen) atoms. The minimum absolute atomic E-state index is 0.0151. The zero-order valence-electron chi connectivity index (χ0n) is 14.7. The lowest BCUT2D eigenvalue weighted by Crippen LogP contribution is -2.50. The van der Waals surface area contributed by atoms with Gasteiger partial charge in [-0.2, -0.15) is 0 Å². The lowest BCUT2D eigenvalue weighted by molar-refractivity contribution is -0.139. The van der Waals surface area contributed by atoms with Gasteiger partial charge in [-0.1, -0.05) is 34.6 Å². The topological polar surface area (TPSA) is 62.3 Å². The minimum Gasteiger partial charge on any atom is -0.348 e. The van der Waals surface area contributed by atoms with E-state index in [1.165, 1.54) is 0 Å². The van der Waals surface area contributed by atoms with Crippen molar-refractivity contribution in [1.82, 2.24) is 15.2 Å². The summed E-state index contributed by atoms with van der Waals surface area (Å²) in [6.07, 6.45) is 1.40. The first-order valence-corrected chi connectivity index (χ1v) is 9.10. The molecule has 2 heterocycles. The van der Waals surface area contributed by atoms with E-state index in [9.17, 15) is 9.59 Å². The van der Waals surface area contributed by atoms with E-state index in [1.807, 2.05) is 19.2 Å². The number of rotatable bonds is 5. The molecule has 1 aliphatic rings. The van der Waals surface area contributed by atoms with Crippen LogP contribution < -0.4 is 5.32 Å². The number of nitrogens with zero attached hydrogens (tertiary/aromatic N) is 2. The number of likely N-dealkylation sites (tertiary alicyclic amines) is 1. The first-order chi connectivity index (χ1) is 10.7. The molecular formula is C17H27N3O2S. The van der Waals surface area contributed by atoms with E-state index in [-0.39, 0.29) is 29.2 Å². The Balaban J connectivity index is 1.99.